The lowest BCUT2D eigenvalue weighted by atomic mass is 9.94. The van der Waals surface area contributed by atoms with Crippen LogP contribution in [0.15, 0.2) is 78.4 Å². The van der Waals surface area contributed by atoms with Crippen molar-refractivity contribution in [2.45, 2.75) is 19.9 Å². The molecule has 0 aromatic heterocycles. The fourth-order valence-corrected chi connectivity index (χ4v) is 4.77. The summed E-state index contributed by atoms with van der Waals surface area (Å²) in [6.07, 6.45) is 0. The van der Waals surface area contributed by atoms with Crippen molar-refractivity contribution >= 4 is 34.5 Å². The van der Waals surface area contributed by atoms with E-state index in [0.29, 0.717) is 17.0 Å². The molecule has 1 saturated heterocycles. The largest absolute Gasteiger partial charge is 0.507 e. The van der Waals surface area contributed by atoms with Gasteiger partial charge in [-0.2, -0.15) is 0 Å². The van der Waals surface area contributed by atoms with Gasteiger partial charge in [0, 0.05) is 44.2 Å². The first-order valence-corrected chi connectivity index (χ1v) is 12.4. The van der Waals surface area contributed by atoms with Crippen LogP contribution in [0.3, 0.4) is 0 Å². The van der Waals surface area contributed by atoms with Crippen LogP contribution in [0.25, 0.3) is 5.76 Å². The van der Waals surface area contributed by atoms with E-state index in [9.17, 15) is 14.7 Å². The van der Waals surface area contributed by atoms with Gasteiger partial charge >= 0.3 is 0 Å². The van der Waals surface area contributed by atoms with Gasteiger partial charge in [0.05, 0.1) is 24.3 Å². The number of ether oxygens (including phenoxy) is 1. The number of anilines is 3. The molecule has 1 heterocycles. The lowest BCUT2D eigenvalue weighted by Gasteiger charge is -2.27. The summed E-state index contributed by atoms with van der Waals surface area (Å²) in [4.78, 5) is 32.6. The van der Waals surface area contributed by atoms with E-state index in [0.717, 1.165) is 30.0 Å². The maximum absolute atomic E-state index is 13.5. The summed E-state index contributed by atoms with van der Waals surface area (Å²) in [7, 11) is 5.37. The number of methoxy groups -OCH3 is 1. The van der Waals surface area contributed by atoms with Crippen molar-refractivity contribution in [3.05, 3.63) is 89.5 Å². The van der Waals surface area contributed by atoms with E-state index < -0.39 is 17.7 Å². The third-order valence-electron chi connectivity index (χ3n) is 6.79. The fourth-order valence-electron chi connectivity index (χ4n) is 4.77. The van der Waals surface area contributed by atoms with E-state index in [1.54, 1.807) is 24.3 Å². The molecule has 7 nitrogen and oxygen atoms in total. The monoisotopic (exact) mass is 499 g/mol. The number of carbonyl (C=O) groups excluding carboxylic acids is 2. The van der Waals surface area contributed by atoms with Gasteiger partial charge in [0.1, 0.15) is 11.5 Å². The van der Waals surface area contributed by atoms with Gasteiger partial charge in [-0.15, -0.1) is 0 Å². The third kappa shape index (κ3) is 4.77. The molecular formula is C30H33N3O4. The highest BCUT2D eigenvalue weighted by molar-refractivity contribution is 6.51. The topological polar surface area (TPSA) is 73.3 Å². The molecule has 3 aromatic rings. The Balaban J connectivity index is 1.90. The molecule has 4 rings (SSSR count). The second kappa shape index (κ2) is 10.8. The average molecular weight is 500 g/mol. The fraction of sp³-hybridized carbons (Fsp3) is 0.267. The Morgan fingerprint density at radius 3 is 2.05 bits per heavy atom. The summed E-state index contributed by atoms with van der Waals surface area (Å²) in [5.74, 6) is -1.28. The van der Waals surface area contributed by atoms with Crippen LogP contribution in [0.1, 0.15) is 31.0 Å². The average Bonchev–Trinajstić information content (AvgIpc) is 3.19. The summed E-state index contributed by atoms with van der Waals surface area (Å²) in [5, 5.41) is 11.4. The van der Waals surface area contributed by atoms with E-state index >= 15 is 0 Å². The van der Waals surface area contributed by atoms with Crippen LogP contribution in [-0.2, 0) is 9.59 Å². The number of para-hydroxylation sites is 1. The quantitative estimate of drug-likeness (QED) is 0.260. The van der Waals surface area contributed by atoms with Gasteiger partial charge in [-0.05, 0) is 67.9 Å². The first-order chi connectivity index (χ1) is 17.8. The normalized spacial score (nSPS) is 16.7. The van der Waals surface area contributed by atoms with E-state index in [1.807, 2.05) is 67.5 Å². The van der Waals surface area contributed by atoms with Crippen molar-refractivity contribution < 1.29 is 19.4 Å². The minimum Gasteiger partial charge on any atom is -0.507 e. The lowest BCUT2D eigenvalue weighted by Crippen LogP contribution is -2.29. The Morgan fingerprint density at radius 2 is 1.49 bits per heavy atom. The van der Waals surface area contributed by atoms with Crippen LogP contribution >= 0.6 is 0 Å². The zero-order chi connectivity index (χ0) is 26.7. The van der Waals surface area contributed by atoms with Crippen LogP contribution in [0.5, 0.6) is 5.75 Å². The summed E-state index contributed by atoms with van der Waals surface area (Å²) in [6, 6.07) is 21.4. The summed E-state index contributed by atoms with van der Waals surface area (Å²) >= 11 is 0. The Bertz CT molecular complexity index is 1310. The highest BCUT2D eigenvalue weighted by Gasteiger charge is 2.47. The summed E-state index contributed by atoms with van der Waals surface area (Å²) in [6.45, 7) is 5.91. The molecule has 0 saturated carbocycles. The van der Waals surface area contributed by atoms with E-state index in [2.05, 4.69) is 18.7 Å². The van der Waals surface area contributed by atoms with Crippen LogP contribution < -0.4 is 19.4 Å². The number of nitrogens with zero attached hydrogens (tertiary/aromatic N) is 3. The Morgan fingerprint density at radius 1 is 0.892 bits per heavy atom. The van der Waals surface area contributed by atoms with Gasteiger partial charge in [0.15, 0.2) is 0 Å². The maximum atomic E-state index is 13.5. The molecule has 1 N–H and O–H groups in total. The number of Topliss-reactive ketones (excluding diaryl/α,β-unsaturated/α-hetero) is 1. The Kier molecular flexibility index (Phi) is 7.53. The molecule has 7 heteroatoms. The predicted molar refractivity (Wildman–Crippen MR) is 149 cm³/mol. The van der Waals surface area contributed by atoms with Crippen molar-refractivity contribution in [3.63, 3.8) is 0 Å². The van der Waals surface area contributed by atoms with Gasteiger partial charge in [0.25, 0.3) is 11.7 Å². The lowest BCUT2D eigenvalue weighted by molar-refractivity contribution is -0.132. The summed E-state index contributed by atoms with van der Waals surface area (Å²) in [5.41, 5.74) is 3.70. The number of aliphatic hydroxyl groups excluding tert-OH is 1. The standard InChI is InChI=1S/C30H33N3O4/c1-6-32(7-2)22-14-12-20(13-15-22)27-26(28(34)24-10-8-9-11-25(24)37-5)29(35)30(36)33(27)23-18-16-21(17-19-23)31(3)4/h8-19,27,34H,6-7H2,1-5H3/b28-26-. The smallest absolute Gasteiger partial charge is 0.300 e. The van der Waals surface area contributed by atoms with Crippen molar-refractivity contribution in [1.82, 2.24) is 0 Å². The zero-order valence-corrected chi connectivity index (χ0v) is 21.9. The van der Waals surface area contributed by atoms with Crippen LogP contribution in [0.2, 0.25) is 0 Å². The molecule has 1 aliphatic rings. The molecule has 1 unspecified atom stereocenters. The molecule has 0 aliphatic carbocycles. The van der Waals surface area contributed by atoms with Crippen LogP contribution in [-0.4, -0.2) is 51.1 Å². The van der Waals surface area contributed by atoms with Crippen molar-refractivity contribution in [3.8, 4) is 5.75 Å². The minimum atomic E-state index is -0.805. The number of rotatable bonds is 8. The van der Waals surface area contributed by atoms with Crippen LogP contribution in [0, 0.1) is 0 Å². The van der Waals surface area contributed by atoms with Crippen molar-refractivity contribution in [2.24, 2.45) is 0 Å². The van der Waals surface area contributed by atoms with Crippen molar-refractivity contribution in [2.75, 3.05) is 49.0 Å². The number of amides is 1. The van der Waals surface area contributed by atoms with E-state index in [4.69, 9.17) is 4.74 Å². The Labute approximate surface area is 218 Å². The second-order valence-corrected chi connectivity index (χ2v) is 9.04. The number of ketones is 1. The molecule has 3 aromatic carbocycles. The van der Waals surface area contributed by atoms with E-state index in [-0.39, 0.29) is 11.3 Å². The number of hydrogen-bond donors (Lipinski definition) is 1. The predicted octanol–water partition coefficient (Wildman–Crippen LogP) is 5.23. The first kappa shape index (κ1) is 25.8. The SMILES string of the molecule is CCN(CC)c1ccc(C2/C(=C(/O)c3ccccc3OC)C(=O)C(=O)N2c2ccc(N(C)C)cc2)cc1. The Hall–Kier alpha value is -4.26. The van der Waals surface area contributed by atoms with Gasteiger partial charge < -0.3 is 19.6 Å². The number of carbonyl (C=O) groups is 2. The number of aliphatic hydroxyl groups is 1. The molecule has 0 bridgehead atoms. The first-order valence-electron chi connectivity index (χ1n) is 12.4. The van der Waals surface area contributed by atoms with E-state index in [1.165, 1.54) is 12.0 Å². The molecule has 0 radical (unpaired) electrons. The number of hydrogen-bond acceptors (Lipinski definition) is 6. The van der Waals surface area contributed by atoms with Gasteiger partial charge in [-0.25, -0.2) is 0 Å². The number of benzene rings is 3. The third-order valence-corrected chi connectivity index (χ3v) is 6.79. The van der Waals surface area contributed by atoms with Gasteiger partial charge in [-0.1, -0.05) is 24.3 Å². The molecule has 192 valence electrons. The molecule has 37 heavy (non-hydrogen) atoms. The zero-order valence-electron chi connectivity index (χ0n) is 21.9. The minimum absolute atomic E-state index is 0.0294. The van der Waals surface area contributed by atoms with Gasteiger partial charge in [0.2, 0.25) is 0 Å². The molecule has 0 spiro atoms. The molecular weight excluding hydrogens is 466 g/mol. The highest BCUT2D eigenvalue weighted by Crippen LogP contribution is 2.43. The van der Waals surface area contributed by atoms with Crippen LogP contribution in [0.4, 0.5) is 17.1 Å². The molecule has 1 amide bonds. The van der Waals surface area contributed by atoms with Crippen molar-refractivity contribution in [1.29, 1.82) is 0 Å². The maximum Gasteiger partial charge on any atom is 0.300 e. The molecule has 1 aliphatic heterocycles. The summed E-state index contributed by atoms with van der Waals surface area (Å²) < 4.78 is 5.43. The molecule has 1 fully saturated rings. The molecule has 1 atom stereocenters. The second-order valence-electron chi connectivity index (χ2n) is 9.04. The highest BCUT2D eigenvalue weighted by atomic mass is 16.5. The van der Waals surface area contributed by atoms with Gasteiger partial charge in [-0.3, -0.25) is 14.5 Å².